The summed E-state index contributed by atoms with van der Waals surface area (Å²) >= 11 is 16.0. The molecule has 6 amide bonds. The molecule has 7 rings (SSSR count). The number of anilines is 1. The average Bonchev–Trinajstić information content (AvgIpc) is 3.48. The van der Waals surface area contributed by atoms with Gasteiger partial charge >= 0.3 is 6.03 Å². The second-order valence-corrected chi connectivity index (χ2v) is 14.3. The Morgan fingerprint density at radius 1 is 0.980 bits per heavy atom. The number of urea groups is 1. The van der Waals surface area contributed by atoms with Crippen LogP contribution in [0.2, 0.25) is 10.0 Å². The number of primary amides is 1. The van der Waals surface area contributed by atoms with Gasteiger partial charge in [-0.2, -0.15) is 9.91 Å². The van der Waals surface area contributed by atoms with Crippen molar-refractivity contribution < 1.29 is 38.6 Å². The molecule has 50 heavy (non-hydrogen) atoms. The van der Waals surface area contributed by atoms with Gasteiger partial charge < -0.3 is 20.3 Å². The van der Waals surface area contributed by atoms with Gasteiger partial charge in [-0.3, -0.25) is 24.6 Å². The van der Waals surface area contributed by atoms with E-state index in [-0.39, 0.29) is 39.5 Å². The van der Waals surface area contributed by atoms with Crippen molar-refractivity contribution in [3.05, 3.63) is 91.9 Å². The third kappa shape index (κ3) is 4.81. The number of benzene rings is 3. The molecule has 4 aliphatic rings. The quantitative estimate of drug-likeness (QED) is 0.215. The van der Waals surface area contributed by atoms with Crippen LogP contribution in [0.15, 0.2) is 70.7 Å². The molecule has 258 valence electrons. The zero-order chi connectivity index (χ0) is 35.8. The maximum atomic E-state index is 15.3. The lowest BCUT2D eigenvalue weighted by Gasteiger charge is -2.50. The van der Waals surface area contributed by atoms with Crippen LogP contribution in [0.4, 0.5) is 10.5 Å². The molecule has 3 fully saturated rings. The summed E-state index contributed by atoms with van der Waals surface area (Å²) in [5.41, 5.74) is 8.61. The number of halogens is 3. The fourth-order valence-electron chi connectivity index (χ4n) is 8.35. The maximum absolute atomic E-state index is 15.3. The molecule has 6 unspecified atom stereocenters. The molecule has 1 saturated carbocycles. The van der Waals surface area contributed by atoms with Crippen molar-refractivity contribution in [3.8, 4) is 17.2 Å². The number of hydrogen-bond acceptors (Lipinski definition) is 9. The predicted octanol–water partition coefficient (Wildman–Crippen LogP) is 5.54. The number of allylic oxidation sites excluding steroid dienone is 2. The third-order valence-electron chi connectivity index (χ3n) is 10.4. The summed E-state index contributed by atoms with van der Waals surface area (Å²) < 4.78 is 11.2. The van der Waals surface area contributed by atoms with Gasteiger partial charge in [0.15, 0.2) is 11.5 Å². The van der Waals surface area contributed by atoms with Crippen LogP contribution in [0.3, 0.4) is 0 Å². The highest BCUT2D eigenvalue weighted by Crippen LogP contribution is 2.64. The Morgan fingerprint density at radius 2 is 1.70 bits per heavy atom. The fourth-order valence-corrected chi connectivity index (χ4v) is 9.26. The number of methoxy groups -OCH3 is 2. The number of hydrogen-bond donors (Lipinski definition) is 3. The van der Waals surface area contributed by atoms with Crippen molar-refractivity contribution in [3.63, 3.8) is 0 Å². The highest BCUT2D eigenvalue weighted by Gasteiger charge is 2.70. The van der Waals surface area contributed by atoms with E-state index in [1.165, 1.54) is 20.3 Å². The number of fused-ring (bicyclic) bond motifs is 4. The van der Waals surface area contributed by atoms with Crippen LogP contribution < -0.4 is 20.6 Å². The summed E-state index contributed by atoms with van der Waals surface area (Å²) in [4.78, 5) is 70.0. The Kier molecular flexibility index (Phi) is 8.35. The van der Waals surface area contributed by atoms with Gasteiger partial charge in [0.2, 0.25) is 11.8 Å². The van der Waals surface area contributed by atoms with Crippen molar-refractivity contribution in [2.45, 2.75) is 24.2 Å². The fraction of sp³-hybridized carbons (Fsp3) is 0.286. The topological polar surface area (TPSA) is 169 Å². The average molecular weight is 784 g/mol. The molecule has 0 aromatic heterocycles. The van der Waals surface area contributed by atoms with Crippen LogP contribution in [-0.2, 0) is 24.6 Å². The predicted molar refractivity (Wildman–Crippen MR) is 184 cm³/mol. The molecule has 4 N–H and O–H groups in total. The molecule has 3 aromatic rings. The van der Waals surface area contributed by atoms with E-state index in [1.54, 1.807) is 48.5 Å². The molecular formula is C35H29BrCl2N4O8. The number of aromatic hydroxyl groups is 1. The first-order valence-corrected chi connectivity index (χ1v) is 17.1. The number of rotatable bonds is 6. The number of phenolic OH excluding ortho intramolecular Hbond substituents is 1. The smallest absolute Gasteiger partial charge is 0.328 e. The summed E-state index contributed by atoms with van der Waals surface area (Å²) in [7, 11) is 2.89. The van der Waals surface area contributed by atoms with Gasteiger partial charge in [-0.25, -0.2) is 4.79 Å². The summed E-state index contributed by atoms with van der Waals surface area (Å²) in [5, 5.41) is 12.3. The van der Waals surface area contributed by atoms with Crippen molar-refractivity contribution in [2.24, 2.45) is 29.4 Å². The monoisotopic (exact) mass is 782 g/mol. The number of ether oxygens (including phenoxy) is 2. The van der Waals surface area contributed by atoms with E-state index in [1.807, 2.05) is 6.08 Å². The molecule has 15 heteroatoms. The Morgan fingerprint density at radius 3 is 2.34 bits per heavy atom. The van der Waals surface area contributed by atoms with Crippen LogP contribution in [0, 0.1) is 23.7 Å². The third-order valence-corrected chi connectivity index (χ3v) is 11.6. The molecule has 2 aliphatic heterocycles. The number of hydrazine groups is 1. The molecule has 3 aromatic carbocycles. The molecule has 0 radical (unpaired) electrons. The summed E-state index contributed by atoms with van der Waals surface area (Å²) in [5.74, 6) is -6.90. The highest BCUT2D eigenvalue weighted by atomic mass is 79.9. The van der Waals surface area contributed by atoms with Crippen molar-refractivity contribution in [2.75, 3.05) is 19.6 Å². The number of nitrogens with one attached hydrogen (secondary N) is 1. The Balaban J connectivity index is 1.50. The number of phenols is 1. The Labute approximate surface area is 304 Å². The first kappa shape index (κ1) is 33.9. The number of amides is 6. The molecule has 2 aliphatic carbocycles. The van der Waals surface area contributed by atoms with E-state index in [0.717, 1.165) is 5.01 Å². The van der Waals surface area contributed by atoms with E-state index < -0.39 is 64.7 Å². The largest absolute Gasteiger partial charge is 0.503 e. The number of imide groups is 4. The van der Waals surface area contributed by atoms with Gasteiger partial charge in [-0.15, -0.1) is 0 Å². The molecule has 6 atom stereocenters. The molecule has 2 saturated heterocycles. The lowest BCUT2D eigenvalue weighted by Crippen LogP contribution is -2.53. The van der Waals surface area contributed by atoms with E-state index in [0.29, 0.717) is 32.4 Å². The minimum atomic E-state index is -1.64. The number of nitrogens with two attached hydrogens (primary N) is 1. The molecule has 2 heterocycles. The van der Waals surface area contributed by atoms with E-state index in [4.69, 9.17) is 38.4 Å². The highest BCUT2D eigenvalue weighted by molar-refractivity contribution is 9.10. The van der Waals surface area contributed by atoms with Crippen LogP contribution in [-0.4, -0.2) is 58.9 Å². The van der Waals surface area contributed by atoms with E-state index >= 15 is 4.79 Å². The summed E-state index contributed by atoms with van der Waals surface area (Å²) in [6.07, 6.45) is 1.89. The molecule has 0 spiro atoms. The van der Waals surface area contributed by atoms with Crippen LogP contribution >= 0.6 is 39.1 Å². The van der Waals surface area contributed by atoms with Crippen molar-refractivity contribution >= 4 is 74.5 Å². The molecular weight excluding hydrogens is 755 g/mol. The normalized spacial score (nSPS) is 27.1. The van der Waals surface area contributed by atoms with Crippen LogP contribution in [0.1, 0.15) is 29.9 Å². The minimum Gasteiger partial charge on any atom is -0.503 e. The van der Waals surface area contributed by atoms with Crippen LogP contribution in [0.5, 0.6) is 17.2 Å². The van der Waals surface area contributed by atoms with Gasteiger partial charge in [0.25, 0.3) is 11.8 Å². The van der Waals surface area contributed by atoms with Crippen LogP contribution in [0.25, 0.3) is 0 Å². The van der Waals surface area contributed by atoms with Gasteiger partial charge in [0.1, 0.15) is 5.75 Å². The van der Waals surface area contributed by atoms with E-state index in [9.17, 15) is 24.3 Å². The lowest BCUT2D eigenvalue weighted by molar-refractivity contribution is -0.139. The zero-order valence-electron chi connectivity index (χ0n) is 26.5. The van der Waals surface area contributed by atoms with Gasteiger partial charge in [0, 0.05) is 10.9 Å². The molecule has 12 nitrogen and oxygen atoms in total. The van der Waals surface area contributed by atoms with Gasteiger partial charge in [-0.05, 0) is 88.3 Å². The first-order valence-electron chi connectivity index (χ1n) is 15.5. The SMILES string of the molecule is COc1ccc(C23C(=O)N(Nc4ccc(Cl)cc4Cl)C(=O)C2CC2C(=CCC4C(=O)N(C(N)=O)C(=O)C42)C3c2cc(Br)c(O)c(OC)c2)cc1. The van der Waals surface area contributed by atoms with E-state index in [2.05, 4.69) is 21.4 Å². The van der Waals surface area contributed by atoms with Crippen molar-refractivity contribution in [1.29, 1.82) is 0 Å². The number of likely N-dealkylation sites (tertiary alicyclic amines) is 1. The Hall–Kier alpha value is -4.59. The first-order chi connectivity index (χ1) is 23.8. The lowest BCUT2D eigenvalue weighted by atomic mass is 9.49. The second kappa shape index (κ2) is 12.3. The summed E-state index contributed by atoms with van der Waals surface area (Å²) in [6.45, 7) is 0. The van der Waals surface area contributed by atoms with Gasteiger partial charge in [-0.1, -0.05) is 47.0 Å². The maximum Gasteiger partial charge on any atom is 0.328 e. The van der Waals surface area contributed by atoms with Crippen molar-refractivity contribution in [1.82, 2.24) is 9.91 Å². The number of nitrogens with zero attached hydrogens (tertiary/aromatic N) is 2. The molecule has 0 bridgehead atoms. The minimum absolute atomic E-state index is 0.0192. The number of carbonyl (C=O) groups is 5. The van der Waals surface area contributed by atoms with Gasteiger partial charge in [0.05, 0.1) is 52.6 Å². The summed E-state index contributed by atoms with van der Waals surface area (Å²) in [6, 6.07) is 13.5. The standard InChI is InChI=1S/C35H29BrCl2N4O8/c1-49-18-6-3-16(4-7-18)35-22(31(45)42(33(35)47)40-25-10-5-17(37)13-24(25)38)14-21-19(28(35)15-11-23(36)29(43)26(12-15)50-2)8-9-20-27(21)32(46)41(30(20)44)34(39)48/h3-8,10-13,20-22,27-28,40,43H,9,14H2,1-2H3,(H2,39,48). The number of carbonyl (C=O) groups excluding carboxylic acids is 5. The second-order valence-electron chi connectivity index (χ2n) is 12.6. The Bertz CT molecular complexity index is 2040. The zero-order valence-corrected chi connectivity index (χ0v) is 29.6.